The molecule has 9 heteroatoms. The molecule has 0 fully saturated rings. The Morgan fingerprint density at radius 3 is 2.30 bits per heavy atom. The summed E-state index contributed by atoms with van der Waals surface area (Å²) in [6.45, 7) is 10.2. The Kier molecular flexibility index (Phi) is 8.86. The van der Waals surface area contributed by atoms with E-state index in [1.165, 1.54) is 19.1 Å². The zero-order chi connectivity index (χ0) is 22.9. The molecular formula is C21H27N3O6. The van der Waals surface area contributed by atoms with Gasteiger partial charge in [-0.05, 0) is 40.7 Å². The molecule has 2 N–H and O–H groups in total. The van der Waals surface area contributed by atoms with Gasteiger partial charge in [-0.25, -0.2) is 9.59 Å². The molecule has 1 rings (SSSR count). The number of amides is 1. The molecule has 0 bridgehead atoms. The lowest BCUT2D eigenvalue weighted by Gasteiger charge is -2.19. The fourth-order valence-electron chi connectivity index (χ4n) is 2.26. The van der Waals surface area contributed by atoms with Crippen LogP contribution in [0, 0.1) is 11.3 Å². The van der Waals surface area contributed by atoms with Crippen molar-refractivity contribution in [1.82, 2.24) is 0 Å². The Labute approximate surface area is 176 Å². The normalized spacial score (nSPS) is 11.2. The highest BCUT2D eigenvalue weighted by Gasteiger charge is 2.21. The van der Waals surface area contributed by atoms with E-state index in [0.29, 0.717) is 12.4 Å². The number of ether oxygens (including phenoxy) is 3. The zero-order valence-electron chi connectivity index (χ0n) is 18.0. The number of carbonyl (C=O) groups excluding carboxylic acids is 3. The number of nitrogens with zero attached hydrogens (tertiary/aromatic N) is 1. The largest absolute Gasteiger partial charge is 0.492 e. The molecule has 0 aliphatic rings. The summed E-state index contributed by atoms with van der Waals surface area (Å²) in [7, 11) is 0. The van der Waals surface area contributed by atoms with Crippen molar-refractivity contribution in [2.24, 2.45) is 0 Å². The van der Waals surface area contributed by atoms with Crippen LogP contribution in [0.15, 0.2) is 23.9 Å². The smallest absolute Gasteiger partial charge is 0.350 e. The molecular weight excluding hydrogens is 390 g/mol. The van der Waals surface area contributed by atoms with Crippen molar-refractivity contribution in [2.45, 2.75) is 47.1 Å². The molecule has 1 aromatic rings. The number of nitriles is 1. The Hall–Kier alpha value is -3.54. The topological polar surface area (TPSA) is 127 Å². The van der Waals surface area contributed by atoms with Crippen molar-refractivity contribution in [3.63, 3.8) is 0 Å². The van der Waals surface area contributed by atoms with Gasteiger partial charge >= 0.3 is 11.9 Å². The summed E-state index contributed by atoms with van der Waals surface area (Å²) < 4.78 is 15.8. The predicted octanol–water partition coefficient (Wildman–Crippen LogP) is 3.38. The van der Waals surface area contributed by atoms with Crippen molar-refractivity contribution in [2.75, 3.05) is 23.8 Å². The van der Waals surface area contributed by atoms with Gasteiger partial charge in [0.25, 0.3) is 0 Å². The van der Waals surface area contributed by atoms with Crippen LogP contribution in [-0.2, 0) is 19.1 Å². The highest BCUT2D eigenvalue weighted by molar-refractivity contribution is 6.00. The first-order chi connectivity index (χ1) is 14.0. The van der Waals surface area contributed by atoms with Crippen LogP contribution in [-0.4, -0.2) is 36.7 Å². The number of esters is 2. The second kappa shape index (κ2) is 10.9. The lowest BCUT2D eigenvalue weighted by molar-refractivity contribution is -0.149. The van der Waals surface area contributed by atoms with E-state index in [1.54, 1.807) is 40.7 Å². The fourth-order valence-corrected chi connectivity index (χ4v) is 2.26. The maximum absolute atomic E-state index is 12.4. The van der Waals surface area contributed by atoms with Gasteiger partial charge in [-0.1, -0.05) is 0 Å². The minimum Gasteiger partial charge on any atom is -0.492 e. The lowest BCUT2D eigenvalue weighted by Crippen LogP contribution is -2.24. The van der Waals surface area contributed by atoms with Crippen molar-refractivity contribution in [3.8, 4) is 11.8 Å². The number of hydrogen-bond acceptors (Lipinski definition) is 8. The molecule has 0 spiro atoms. The monoisotopic (exact) mass is 417 g/mol. The van der Waals surface area contributed by atoms with E-state index in [1.807, 2.05) is 0 Å². The molecule has 0 aromatic heterocycles. The van der Waals surface area contributed by atoms with Gasteiger partial charge in [0.15, 0.2) is 5.57 Å². The van der Waals surface area contributed by atoms with Gasteiger partial charge < -0.3 is 24.8 Å². The zero-order valence-corrected chi connectivity index (χ0v) is 18.0. The number of anilines is 2. The lowest BCUT2D eigenvalue weighted by atomic mass is 10.1. The number of hydrogen-bond donors (Lipinski definition) is 2. The van der Waals surface area contributed by atoms with Crippen LogP contribution in [0.3, 0.4) is 0 Å². The van der Waals surface area contributed by atoms with Crippen molar-refractivity contribution in [3.05, 3.63) is 29.5 Å². The Morgan fingerprint density at radius 2 is 1.80 bits per heavy atom. The van der Waals surface area contributed by atoms with Gasteiger partial charge in [0.05, 0.1) is 30.2 Å². The van der Waals surface area contributed by atoms with Crippen LogP contribution in [0.25, 0.3) is 0 Å². The van der Waals surface area contributed by atoms with E-state index in [4.69, 9.17) is 14.2 Å². The van der Waals surface area contributed by atoms with E-state index in [-0.39, 0.29) is 35.0 Å². The third-order valence-corrected chi connectivity index (χ3v) is 3.34. The van der Waals surface area contributed by atoms with Gasteiger partial charge in [-0.15, -0.1) is 0 Å². The Morgan fingerprint density at radius 1 is 1.13 bits per heavy atom. The summed E-state index contributed by atoms with van der Waals surface area (Å²) in [6, 6.07) is 4.64. The first kappa shape index (κ1) is 24.5. The molecule has 0 aliphatic heterocycles. The molecule has 0 saturated heterocycles. The quantitative estimate of drug-likeness (QED) is 0.374. The van der Waals surface area contributed by atoms with E-state index in [0.717, 1.165) is 6.20 Å². The third-order valence-electron chi connectivity index (χ3n) is 3.34. The molecule has 1 amide bonds. The molecule has 0 saturated carbocycles. The molecule has 1 aromatic carbocycles. The molecule has 0 atom stereocenters. The van der Waals surface area contributed by atoms with Gasteiger partial charge in [0.1, 0.15) is 17.4 Å². The van der Waals surface area contributed by atoms with Crippen LogP contribution >= 0.6 is 0 Å². The second-order valence-corrected chi connectivity index (χ2v) is 7.04. The average Bonchev–Trinajstić information content (AvgIpc) is 2.62. The Balaban J connectivity index is 3.41. The molecule has 0 aliphatic carbocycles. The molecule has 0 heterocycles. The minimum atomic E-state index is -0.810. The van der Waals surface area contributed by atoms with Crippen LogP contribution in [0.4, 0.5) is 11.4 Å². The molecule has 0 radical (unpaired) electrons. The van der Waals surface area contributed by atoms with Gasteiger partial charge in [-0.3, -0.25) is 4.79 Å². The summed E-state index contributed by atoms with van der Waals surface area (Å²) in [5.74, 6) is -1.51. The first-order valence-electron chi connectivity index (χ1n) is 9.38. The second-order valence-electron chi connectivity index (χ2n) is 7.04. The van der Waals surface area contributed by atoms with E-state index in [9.17, 15) is 19.6 Å². The standard InChI is InChI=1S/C21H27N3O6/c1-7-28-18-10-16(23-12-14(11-22)19(26)30-21(4,5)6)15(20(27)29-8-2)9-17(18)24-13(3)25/h9-10,12,23H,7-8H2,1-6H3,(H,24,25)/b14-12-. The fraction of sp³-hybridized carbons (Fsp3) is 0.429. The van der Waals surface area contributed by atoms with Gasteiger partial charge in [0, 0.05) is 19.2 Å². The molecule has 162 valence electrons. The summed E-state index contributed by atoms with van der Waals surface area (Å²) >= 11 is 0. The Bertz CT molecular complexity index is 878. The van der Waals surface area contributed by atoms with Crippen LogP contribution in [0.2, 0.25) is 0 Å². The highest BCUT2D eigenvalue weighted by Crippen LogP contribution is 2.33. The van der Waals surface area contributed by atoms with E-state index >= 15 is 0 Å². The van der Waals surface area contributed by atoms with Crippen molar-refractivity contribution < 1.29 is 28.6 Å². The maximum Gasteiger partial charge on any atom is 0.350 e. The van der Waals surface area contributed by atoms with Gasteiger partial charge in [0.2, 0.25) is 5.91 Å². The summed E-state index contributed by atoms with van der Waals surface area (Å²) in [5.41, 5.74) is -0.465. The third kappa shape index (κ3) is 7.47. The summed E-state index contributed by atoms with van der Waals surface area (Å²) in [5, 5.41) is 14.7. The van der Waals surface area contributed by atoms with E-state index < -0.39 is 17.5 Å². The molecule has 0 unspecified atom stereocenters. The van der Waals surface area contributed by atoms with Crippen molar-refractivity contribution >= 4 is 29.2 Å². The molecule has 9 nitrogen and oxygen atoms in total. The highest BCUT2D eigenvalue weighted by atomic mass is 16.6. The van der Waals surface area contributed by atoms with Crippen molar-refractivity contribution in [1.29, 1.82) is 5.26 Å². The molecule has 30 heavy (non-hydrogen) atoms. The minimum absolute atomic E-state index is 0.0850. The number of nitrogens with one attached hydrogen (secondary N) is 2. The maximum atomic E-state index is 12.4. The SMILES string of the molecule is CCOC(=O)c1cc(NC(C)=O)c(OCC)cc1N/C=C(/C#N)C(=O)OC(C)(C)C. The predicted molar refractivity (Wildman–Crippen MR) is 111 cm³/mol. The van der Waals surface area contributed by atoms with Crippen LogP contribution in [0.5, 0.6) is 5.75 Å². The number of rotatable bonds is 8. The first-order valence-corrected chi connectivity index (χ1v) is 9.38. The van der Waals surface area contributed by atoms with Crippen LogP contribution in [0.1, 0.15) is 51.9 Å². The van der Waals surface area contributed by atoms with E-state index in [2.05, 4.69) is 10.6 Å². The van der Waals surface area contributed by atoms with Gasteiger partial charge in [-0.2, -0.15) is 5.26 Å². The average molecular weight is 417 g/mol. The summed E-state index contributed by atoms with van der Waals surface area (Å²) in [6.07, 6.45) is 1.14. The summed E-state index contributed by atoms with van der Waals surface area (Å²) in [4.78, 5) is 36.1. The number of benzene rings is 1. The van der Waals surface area contributed by atoms with Crippen LogP contribution < -0.4 is 15.4 Å². The number of carbonyl (C=O) groups is 3.